The number of rotatable bonds is 5. The summed E-state index contributed by atoms with van der Waals surface area (Å²) in [7, 11) is 0. The van der Waals surface area contributed by atoms with Gasteiger partial charge in [0.2, 0.25) is 0 Å². The fourth-order valence-corrected chi connectivity index (χ4v) is 3.68. The van der Waals surface area contributed by atoms with E-state index in [-0.39, 0.29) is 0 Å². The smallest absolute Gasteiger partial charge is 0.159 e. The molecule has 0 unspecified atom stereocenters. The van der Waals surface area contributed by atoms with Crippen LogP contribution in [0.15, 0.2) is 53.6 Å². The van der Waals surface area contributed by atoms with Crippen LogP contribution < -0.4 is 0 Å². The van der Waals surface area contributed by atoms with E-state index in [1.54, 1.807) is 11.8 Å². The van der Waals surface area contributed by atoms with Crippen molar-refractivity contribution in [2.24, 2.45) is 0 Å². The molecule has 2 aromatic carbocycles. The molecule has 0 bridgehead atoms. The lowest BCUT2D eigenvalue weighted by Gasteiger charge is -1.99. The predicted octanol–water partition coefficient (Wildman–Crippen LogP) is 4.90. The number of nitrogens with zero attached hydrogens (tertiary/aromatic N) is 2. The summed E-state index contributed by atoms with van der Waals surface area (Å²) in [6, 6.07) is 16.9. The van der Waals surface area contributed by atoms with Crippen molar-refractivity contribution in [3.63, 3.8) is 0 Å². The van der Waals surface area contributed by atoms with Crippen LogP contribution in [0.25, 0.3) is 22.6 Å². The standard InChI is InChI=1S/C20H20N4S/c1-13-10-16-17(11-14(13)2)22-20(21-16)18-12-19(24-23-18)25-9-8-15-6-4-3-5-7-15/h3-7,10-12H,8-9H2,1-2H3,(H,21,22)(H,23,24). The monoisotopic (exact) mass is 348 g/mol. The molecule has 4 nitrogen and oxygen atoms in total. The van der Waals surface area contributed by atoms with Crippen molar-refractivity contribution < 1.29 is 0 Å². The van der Waals surface area contributed by atoms with Gasteiger partial charge < -0.3 is 4.98 Å². The number of imidazole rings is 1. The van der Waals surface area contributed by atoms with Gasteiger partial charge in [0.1, 0.15) is 5.69 Å². The first-order valence-corrected chi connectivity index (χ1v) is 9.37. The third-order valence-electron chi connectivity index (χ3n) is 4.39. The van der Waals surface area contributed by atoms with Gasteiger partial charge in [-0.15, -0.1) is 11.8 Å². The van der Waals surface area contributed by atoms with Crippen molar-refractivity contribution in [2.75, 3.05) is 5.75 Å². The van der Waals surface area contributed by atoms with Crippen LogP contribution in [-0.2, 0) is 6.42 Å². The Morgan fingerprint density at radius 3 is 2.64 bits per heavy atom. The minimum Gasteiger partial charge on any atom is -0.337 e. The first-order valence-electron chi connectivity index (χ1n) is 8.38. The second-order valence-corrected chi connectivity index (χ2v) is 7.38. The molecule has 4 aromatic rings. The van der Waals surface area contributed by atoms with Crippen molar-refractivity contribution in [2.45, 2.75) is 25.3 Å². The molecule has 4 rings (SSSR count). The Bertz CT molecular complexity index is 962. The number of aryl methyl sites for hydroxylation is 3. The lowest BCUT2D eigenvalue weighted by atomic mass is 10.1. The van der Waals surface area contributed by atoms with Crippen LogP contribution in [0.3, 0.4) is 0 Å². The van der Waals surface area contributed by atoms with Crippen molar-refractivity contribution in [1.82, 2.24) is 20.2 Å². The zero-order valence-electron chi connectivity index (χ0n) is 14.3. The van der Waals surface area contributed by atoms with Crippen LogP contribution in [0.4, 0.5) is 0 Å². The molecule has 0 saturated heterocycles. The lowest BCUT2D eigenvalue weighted by molar-refractivity contribution is 0.999. The second-order valence-electron chi connectivity index (χ2n) is 6.24. The van der Waals surface area contributed by atoms with E-state index in [4.69, 9.17) is 0 Å². The van der Waals surface area contributed by atoms with E-state index >= 15 is 0 Å². The molecular weight excluding hydrogens is 328 g/mol. The summed E-state index contributed by atoms with van der Waals surface area (Å²) in [5, 5.41) is 8.59. The number of aromatic amines is 2. The summed E-state index contributed by atoms with van der Waals surface area (Å²) in [5.41, 5.74) is 6.77. The summed E-state index contributed by atoms with van der Waals surface area (Å²) < 4.78 is 0. The summed E-state index contributed by atoms with van der Waals surface area (Å²) >= 11 is 1.78. The Kier molecular flexibility index (Phi) is 4.32. The second kappa shape index (κ2) is 6.76. The molecule has 2 N–H and O–H groups in total. The van der Waals surface area contributed by atoms with Gasteiger partial charge in [-0.1, -0.05) is 30.3 Å². The number of fused-ring (bicyclic) bond motifs is 1. The fourth-order valence-electron chi connectivity index (χ4n) is 2.81. The van der Waals surface area contributed by atoms with Crippen LogP contribution in [-0.4, -0.2) is 25.9 Å². The SMILES string of the molecule is Cc1cc2nc(-c3cc(SCCc4ccccc4)[nH]n3)[nH]c2cc1C. The summed E-state index contributed by atoms with van der Waals surface area (Å²) in [6.07, 6.45) is 1.04. The molecule has 0 radical (unpaired) electrons. The molecule has 5 heteroatoms. The van der Waals surface area contributed by atoms with Crippen LogP contribution in [0.5, 0.6) is 0 Å². The number of hydrogen-bond acceptors (Lipinski definition) is 3. The van der Waals surface area contributed by atoms with Gasteiger partial charge >= 0.3 is 0 Å². The van der Waals surface area contributed by atoms with Crippen molar-refractivity contribution in [3.05, 3.63) is 65.2 Å². The highest BCUT2D eigenvalue weighted by atomic mass is 32.2. The van der Waals surface area contributed by atoms with Gasteiger partial charge in [0, 0.05) is 11.8 Å². The quantitative estimate of drug-likeness (QED) is 0.504. The van der Waals surface area contributed by atoms with E-state index in [1.165, 1.54) is 16.7 Å². The summed E-state index contributed by atoms with van der Waals surface area (Å²) in [5.74, 6) is 1.83. The Morgan fingerprint density at radius 1 is 1.00 bits per heavy atom. The van der Waals surface area contributed by atoms with E-state index in [0.717, 1.165) is 39.8 Å². The van der Waals surface area contributed by atoms with Crippen molar-refractivity contribution in [1.29, 1.82) is 0 Å². The third-order valence-corrected chi connectivity index (χ3v) is 5.31. The van der Waals surface area contributed by atoms with Gasteiger partial charge in [-0.05, 0) is 49.1 Å². The molecule has 0 fully saturated rings. The van der Waals surface area contributed by atoms with E-state index in [0.29, 0.717) is 0 Å². The summed E-state index contributed by atoms with van der Waals surface area (Å²) in [4.78, 5) is 8.05. The Hall–Kier alpha value is -2.53. The molecule has 0 aliphatic heterocycles. The molecule has 2 heterocycles. The van der Waals surface area contributed by atoms with Crippen LogP contribution in [0.2, 0.25) is 0 Å². The van der Waals surface area contributed by atoms with Crippen LogP contribution in [0, 0.1) is 13.8 Å². The van der Waals surface area contributed by atoms with Gasteiger partial charge in [-0.3, -0.25) is 5.10 Å². The zero-order chi connectivity index (χ0) is 17.2. The van der Waals surface area contributed by atoms with E-state index in [1.807, 2.05) is 6.07 Å². The highest BCUT2D eigenvalue weighted by Gasteiger charge is 2.10. The lowest BCUT2D eigenvalue weighted by Crippen LogP contribution is -1.87. The topological polar surface area (TPSA) is 57.4 Å². The minimum atomic E-state index is 0.811. The number of nitrogens with one attached hydrogen (secondary N) is 2. The van der Waals surface area contributed by atoms with Gasteiger partial charge in [-0.2, -0.15) is 5.10 Å². The first kappa shape index (κ1) is 16.0. The third kappa shape index (κ3) is 3.46. The van der Waals surface area contributed by atoms with Crippen LogP contribution in [0.1, 0.15) is 16.7 Å². The minimum absolute atomic E-state index is 0.811. The number of aromatic nitrogens is 4. The average molecular weight is 348 g/mol. The molecule has 25 heavy (non-hydrogen) atoms. The summed E-state index contributed by atoms with van der Waals surface area (Å²) in [6.45, 7) is 4.23. The maximum atomic E-state index is 4.68. The Balaban J connectivity index is 1.47. The number of hydrogen-bond donors (Lipinski definition) is 2. The molecule has 0 saturated carbocycles. The van der Waals surface area contributed by atoms with Gasteiger partial charge in [0.25, 0.3) is 0 Å². The maximum absolute atomic E-state index is 4.68. The highest BCUT2D eigenvalue weighted by molar-refractivity contribution is 7.99. The molecule has 0 aliphatic carbocycles. The van der Waals surface area contributed by atoms with E-state index < -0.39 is 0 Å². The number of benzene rings is 2. The molecule has 0 amide bonds. The van der Waals surface area contributed by atoms with Gasteiger partial charge in [0.15, 0.2) is 5.82 Å². The molecule has 0 spiro atoms. The molecule has 126 valence electrons. The van der Waals surface area contributed by atoms with E-state index in [2.05, 4.69) is 76.5 Å². The normalized spacial score (nSPS) is 11.3. The number of thioether (sulfide) groups is 1. The van der Waals surface area contributed by atoms with Gasteiger partial charge in [0.05, 0.1) is 16.1 Å². The van der Waals surface area contributed by atoms with Crippen molar-refractivity contribution in [3.8, 4) is 11.5 Å². The average Bonchev–Trinajstić information content (AvgIpc) is 3.23. The van der Waals surface area contributed by atoms with E-state index in [9.17, 15) is 0 Å². The highest BCUT2D eigenvalue weighted by Crippen LogP contribution is 2.25. The molecule has 2 aromatic heterocycles. The number of H-pyrrole nitrogens is 2. The Labute approximate surface area is 151 Å². The zero-order valence-corrected chi connectivity index (χ0v) is 15.2. The molecule has 0 atom stereocenters. The predicted molar refractivity (Wildman–Crippen MR) is 104 cm³/mol. The molecule has 0 aliphatic rings. The maximum Gasteiger partial charge on any atom is 0.159 e. The fraction of sp³-hybridized carbons (Fsp3) is 0.200. The van der Waals surface area contributed by atoms with Crippen LogP contribution >= 0.6 is 11.8 Å². The largest absolute Gasteiger partial charge is 0.337 e. The Morgan fingerprint density at radius 2 is 1.80 bits per heavy atom. The molecular formula is C20H20N4S. The van der Waals surface area contributed by atoms with Gasteiger partial charge in [-0.25, -0.2) is 4.98 Å². The first-order chi connectivity index (χ1) is 12.2. The van der Waals surface area contributed by atoms with Crippen molar-refractivity contribution >= 4 is 22.8 Å².